The van der Waals surface area contributed by atoms with Gasteiger partial charge in [0.25, 0.3) is 5.82 Å². The average Bonchev–Trinajstić information content (AvgIpc) is 3.23. The number of fused-ring (bicyclic) bond motifs is 2. The summed E-state index contributed by atoms with van der Waals surface area (Å²) in [6.07, 6.45) is 0.312. The summed E-state index contributed by atoms with van der Waals surface area (Å²) in [6.45, 7) is 0.940. The molecule has 2 N–H and O–H groups in total. The second-order valence-electron chi connectivity index (χ2n) is 8.49. The molecule has 0 radical (unpaired) electrons. The van der Waals surface area contributed by atoms with Crippen LogP contribution < -0.4 is 4.98 Å². The first-order valence-electron chi connectivity index (χ1n) is 10.7. The largest absolute Gasteiger partial charge is 0.431 e. The number of hydrogen-bond donors (Lipinski definition) is 1. The van der Waals surface area contributed by atoms with Crippen molar-refractivity contribution in [1.29, 1.82) is 0 Å². The molecule has 3 aromatic rings. The molecule has 1 fully saturated rings. The number of alkyl halides is 3. The minimum atomic E-state index is -4.51. The van der Waals surface area contributed by atoms with Gasteiger partial charge in [0.15, 0.2) is 9.84 Å². The molecule has 2 atom stereocenters. The molecule has 1 unspecified atom stereocenters. The van der Waals surface area contributed by atoms with E-state index in [0.717, 1.165) is 24.5 Å². The molecule has 3 heterocycles. The highest BCUT2D eigenvalue weighted by Crippen LogP contribution is 2.36. The van der Waals surface area contributed by atoms with Crippen LogP contribution in [0.1, 0.15) is 29.2 Å². The Morgan fingerprint density at radius 2 is 1.97 bits per heavy atom. The summed E-state index contributed by atoms with van der Waals surface area (Å²) in [4.78, 5) is 15.9. The number of aromatic amines is 2. The van der Waals surface area contributed by atoms with Gasteiger partial charge in [-0.25, -0.2) is 13.4 Å². The van der Waals surface area contributed by atoms with Gasteiger partial charge in [0.1, 0.15) is 11.1 Å². The van der Waals surface area contributed by atoms with Gasteiger partial charge in [-0.15, -0.1) is 4.99 Å². The predicted octanol–water partition coefficient (Wildman–Crippen LogP) is 2.93. The Kier molecular flexibility index (Phi) is 5.48. The van der Waals surface area contributed by atoms with Crippen LogP contribution in [-0.2, 0) is 22.4 Å². The van der Waals surface area contributed by atoms with Crippen molar-refractivity contribution in [3.63, 3.8) is 0 Å². The number of aryl methyl sites for hydroxylation is 1. The molecule has 174 valence electrons. The Morgan fingerprint density at radius 3 is 2.73 bits per heavy atom. The summed E-state index contributed by atoms with van der Waals surface area (Å²) in [7, 11) is -3.00. The maximum atomic E-state index is 13.2. The van der Waals surface area contributed by atoms with Gasteiger partial charge in [0, 0.05) is 19.1 Å². The summed E-state index contributed by atoms with van der Waals surface area (Å²) in [6, 6.07) is 9.14. The van der Waals surface area contributed by atoms with Gasteiger partial charge >= 0.3 is 6.18 Å². The third kappa shape index (κ3) is 4.39. The SMILES string of the molecule is O=S1(=O)CCN([C@H]2CCc3ccccc3C2/C=N/c2[nH+]cnc3[nH]c(C(F)(F)F)cc23)CC1. The molecule has 33 heavy (non-hydrogen) atoms. The topological polar surface area (TPSA) is 92.6 Å². The maximum absolute atomic E-state index is 13.2. The quantitative estimate of drug-likeness (QED) is 0.586. The summed E-state index contributed by atoms with van der Waals surface area (Å²) >= 11 is 0. The fraction of sp³-hybridized carbons (Fsp3) is 0.409. The van der Waals surface area contributed by atoms with Crippen LogP contribution in [0.5, 0.6) is 0 Å². The average molecular weight is 479 g/mol. The first kappa shape index (κ1) is 22.0. The molecule has 0 saturated carbocycles. The molecule has 1 aliphatic heterocycles. The first-order chi connectivity index (χ1) is 15.7. The van der Waals surface area contributed by atoms with Crippen LogP contribution in [0.15, 0.2) is 41.7 Å². The van der Waals surface area contributed by atoms with Gasteiger partial charge in [-0.1, -0.05) is 29.2 Å². The molecule has 1 aromatic carbocycles. The number of sulfone groups is 1. The van der Waals surface area contributed by atoms with Crippen LogP contribution in [0.25, 0.3) is 11.0 Å². The zero-order valence-electron chi connectivity index (χ0n) is 17.6. The van der Waals surface area contributed by atoms with Crippen molar-refractivity contribution >= 4 is 32.9 Å². The van der Waals surface area contributed by atoms with Gasteiger partial charge in [-0.05, 0) is 30.0 Å². The number of rotatable bonds is 3. The number of benzene rings is 1. The lowest BCUT2D eigenvalue weighted by Crippen LogP contribution is -2.50. The van der Waals surface area contributed by atoms with Gasteiger partial charge in [-0.2, -0.15) is 13.2 Å². The van der Waals surface area contributed by atoms with E-state index < -0.39 is 21.7 Å². The van der Waals surface area contributed by atoms with E-state index in [1.807, 2.05) is 18.2 Å². The lowest BCUT2D eigenvalue weighted by atomic mass is 9.79. The van der Waals surface area contributed by atoms with Crippen LogP contribution in [0.2, 0.25) is 0 Å². The number of aliphatic imine (C=N–C) groups is 1. The minimum Gasteiger partial charge on any atom is -0.322 e. The molecular weight excluding hydrogens is 455 g/mol. The van der Waals surface area contributed by atoms with E-state index in [9.17, 15) is 21.6 Å². The Balaban J connectivity index is 1.51. The Morgan fingerprint density at radius 1 is 1.21 bits per heavy atom. The highest BCUT2D eigenvalue weighted by molar-refractivity contribution is 7.91. The predicted molar refractivity (Wildman–Crippen MR) is 117 cm³/mol. The Hall–Kier alpha value is -2.79. The number of hydrogen-bond acceptors (Lipinski definition) is 5. The molecule has 2 aliphatic rings. The van der Waals surface area contributed by atoms with Crippen molar-refractivity contribution in [2.24, 2.45) is 4.99 Å². The zero-order chi connectivity index (χ0) is 23.2. The molecule has 0 amide bonds. The summed E-state index contributed by atoms with van der Waals surface area (Å²) in [5.41, 5.74) is 1.55. The second kappa shape index (κ2) is 8.21. The van der Waals surface area contributed by atoms with Crippen molar-refractivity contribution in [3.05, 3.63) is 53.5 Å². The van der Waals surface area contributed by atoms with E-state index in [4.69, 9.17) is 0 Å². The standard InChI is InChI=1S/C22H22F3N5O2S/c23-22(24,25)19-11-16-20(27-13-28-21(16)29-19)26-12-17-15-4-2-1-3-14(15)5-6-18(17)30-7-9-33(31,32)10-8-30/h1-4,11-13,17-18H,5-10H2,(H,27,28,29)/p+1/b26-12+/t17?,18-/m0/s1. The minimum absolute atomic E-state index is 0.0634. The van der Waals surface area contributed by atoms with Crippen molar-refractivity contribution < 1.29 is 26.6 Å². The summed E-state index contributed by atoms with van der Waals surface area (Å²) in [5.74, 6) is 0.442. The molecule has 5 rings (SSSR count). The zero-order valence-corrected chi connectivity index (χ0v) is 18.5. The van der Waals surface area contributed by atoms with Gasteiger partial charge < -0.3 is 4.98 Å². The van der Waals surface area contributed by atoms with Gasteiger partial charge in [0.2, 0.25) is 12.0 Å². The number of aromatic nitrogens is 3. The van der Waals surface area contributed by atoms with Crippen LogP contribution >= 0.6 is 0 Å². The third-order valence-corrected chi connectivity index (χ3v) is 8.11. The number of nitrogens with one attached hydrogen (secondary N) is 2. The van der Waals surface area contributed by atoms with E-state index in [0.29, 0.717) is 13.1 Å². The van der Waals surface area contributed by atoms with E-state index in [1.54, 1.807) is 6.21 Å². The van der Waals surface area contributed by atoms with E-state index in [1.165, 1.54) is 11.9 Å². The molecule has 1 saturated heterocycles. The number of halogens is 3. The smallest absolute Gasteiger partial charge is 0.322 e. The molecule has 7 nitrogen and oxygen atoms in total. The van der Waals surface area contributed by atoms with Crippen LogP contribution in [0.4, 0.5) is 19.0 Å². The fourth-order valence-corrected chi connectivity index (χ4v) is 6.03. The van der Waals surface area contributed by atoms with E-state index in [2.05, 4.69) is 30.9 Å². The van der Waals surface area contributed by atoms with Crippen molar-refractivity contribution in [1.82, 2.24) is 14.9 Å². The first-order valence-corrected chi connectivity index (χ1v) is 12.6. The fourth-order valence-electron chi connectivity index (χ4n) is 4.80. The second-order valence-corrected chi connectivity index (χ2v) is 10.8. The summed E-state index contributed by atoms with van der Waals surface area (Å²) < 4.78 is 63.3. The summed E-state index contributed by atoms with van der Waals surface area (Å²) in [5, 5.41) is 0.255. The van der Waals surface area contributed by atoms with Gasteiger partial charge in [-0.3, -0.25) is 4.90 Å². The van der Waals surface area contributed by atoms with E-state index in [-0.39, 0.29) is 40.3 Å². The molecule has 1 aliphatic carbocycles. The Labute approximate surface area is 188 Å². The van der Waals surface area contributed by atoms with Crippen LogP contribution in [0, 0.1) is 0 Å². The highest BCUT2D eigenvalue weighted by Gasteiger charge is 2.37. The molecule has 11 heteroatoms. The maximum Gasteiger partial charge on any atom is 0.431 e. The lowest BCUT2D eigenvalue weighted by Gasteiger charge is -2.40. The number of nitrogens with zero attached hydrogens (tertiary/aromatic N) is 3. The normalized spacial score (nSPS) is 23.7. The lowest BCUT2D eigenvalue weighted by molar-refractivity contribution is -0.365. The van der Waals surface area contributed by atoms with Crippen LogP contribution in [-0.4, -0.2) is 60.1 Å². The van der Waals surface area contributed by atoms with Crippen molar-refractivity contribution in [2.75, 3.05) is 24.6 Å². The molecular formula is C22H23F3N5O2S+. The monoisotopic (exact) mass is 478 g/mol. The van der Waals surface area contributed by atoms with Gasteiger partial charge in [0.05, 0.1) is 23.6 Å². The van der Waals surface area contributed by atoms with E-state index >= 15 is 0 Å². The molecule has 2 aromatic heterocycles. The van der Waals surface area contributed by atoms with Crippen molar-refractivity contribution in [2.45, 2.75) is 31.0 Å². The molecule has 0 bridgehead atoms. The Bertz CT molecular complexity index is 1310. The van der Waals surface area contributed by atoms with Crippen molar-refractivity contribution in [3.8, 4) is 0 Å². The van der Waals surface area contributed by atoms with Crippen LogP contribution in [0.3, 0.4) is 0 Å². The third-order valence-electron chi connectivity index (χ3n) is 6.50. The molecule has 0 spiro atoms. The number of H-pyrrole nitrogens is 2. The highest BCUT2D eigenvalue weighted by atomic mass is 32.2.